The molecular formula is C15H22N2O4. The molecule has 0 bridgehead atoms. The summed E-state index contributed by atoms with van der Waals surface area (Å²) in [5.74, 6) is -1.28. The number of carbonyl (C=O) groups excluding carboxylic acids is 1. The lowest BCUT2D eigenvalue weighted by atomic mass is 10.1. The van der Waals surface area contributed by atoms with Crippen LogP contribution in [0.3, 0.4) is 0 Å². The van der Waals surface area contributed by atoms with E-state index in [1.807, 2.05) is 12.1 Å². The quantitative estimate of drug-likeness (QED) is 0.618. The summed E-state index contributed by atoms with van der Waals surface area (Å²) in [6.45, 7) is 3.43. The molecule has 0 aliphatic rings. The van der Waals surface area contributed by atoms with Crippen molar-refractivity contribution in [2.45, 2.75) is 45.3 Å². The first-order valence-corrected chi connectivity index (χ1v) is 7.01. The van der Waals surface area contributed by atoms with Crippen molar-refractivity contribution in [3.63, 3.8) is 0 Å². The van der Waals surface area contributed by atoms with Crippen LogP contribution < -0.4 is 10.6 Å². The summed E-state index contributed by atoms with van der Waals surface area (Å²) >= 11 is 0. The molecule has 6 heteroatoms. The monoisotopic (exact) mass is 294 g/mol. The average molecular weight is 294 g/mol. The maximum atomic E-state index is 11.7. The maximum Gasteiger partial charge on any atom is 0.328 e. The molecule has 0 fully saturated rings. The molecule has 0 unspecified atom stereocenters. The summed E-state index contributed by atoms with van der Waals surface area (Å²) in [6, 6.07) is 5.38. The lowest BCUT2D eigenvalue weighted by Crippen LogP contribution is -2.49. The Morgan fingerprint density at radius 1 is 1.24 bits per heavy atom. The third-order valence-corrected chi connectivity index (χ3v) is 3.07. The number of rotatable bonds is 7. The van der Waals surface area contributed by atoms with Gasteiger partial charge in [-0.1, -0.05) is 25.5 Å². The molecule has 0 saturated carbocycles. The minimum absolute atomic E-state index is 0.572. The van der Waals surface area contributed by atoms with Gasteiger partial charge in [-0.25, -0.2) is 9.59 Å². The van der Waals surface area contributed by atoms with Gasteiger partial charge in [0.25, 0.3) is 0 Å². The van der Waals surface area contributed by atoms with E-state index in [0.717, 1.165) is 19.3 Å². The normalized spacial score (nSPS) is 13.3. The van der Waals surface area contributed by atoms with Crippen molar-refractivity contribution in [1.82, 2.24) is 5.32 Å². The van der Waals surface area contributed by atoms with Crippen molar-refractivity contribution >= 4 is 17.7 Å². The van der Waals surface area contributed by atoms with E-state index in [-0.39, 0.29) is 0 Å². The molecule has 0 aliphatic carbocycles. The van der Waals surface area contributed by atoms with Crippen LogP contribution in [0.15, 0.2) is 24.3 Å². The van der Waals surface area contributed by atoms with Crippen molar-refractivity contribution in [3.8, 4) is 0 Å². The minimum Gasteiger partial charge on any atom is -0.480 e. The van der Waals surface area contributed by atoms with Crippen molar-refractivity contribution in [3.05, 3.63) is 29.8 Å². The highest BCUT2D eigenvalue weighted by molar-refractivity contribution is 5.92. The van der Waals surface area contributed by atoms with Crippen LogP contribution >= 0.6 is 0 Å². The predicted molar refractivity (Wildman–Crippen MR) is 80.3 cm³/mol. The molecule has 4 N–H and O–H groups in total. The van der Waals surface area contributed by atoms with E-state index < -0.39 is 24.1 Å². The summed E-state index contributed by atoms with van der Waals surface area (Å²) < 4.78 is 0. The zero-order chi connectivity index (χ0) is 15.8. The Balaban J connectivity index is 2.56. The molecule has 0 aliphatic heterocycles. The topological polar surface area (TPSA) is 98.7 Å². The van der Waals surface area contributed by atoms with Crippen molar-refractivity contribution < 1.29 is 19.8 Å². The molecule has 1 rings (SSSR count). The van der Waals surface area contributed by atoms with Gasteiger partial charge < -0.3 is 20.8 Å². The highest BCUT2D eigenvalue weighted by Gasteiger charge is 2.24. The number of aryl methyl sites for hydroxylation is 1. The van der Waals surface area contributed by atoms with Gasteiger partial charge in [0, 0.05) is 5.69 Å². The van der Waals surface area contributed by atoms with E-state index in [2.05, 4.69) is 17.6 Å². The van der Waals surface area contributed by atoms with Crippen LogP contribution in [0.25, 0.3) is 0 Å². The third-order valence-electron chi connectivity index (χ3n) is 3.07. The van der Waals surface area contributed by atoms with E-state index >= 15 is 0 Å². The summed E-state index contributed by atoms with van der Waals surface area (Å²) in [6.07, 6.45) is 2.05. The lowest BCUT2D eigenvalue weighted by Gasteiger charge is -2.17. The molecule has 0 aromatic heterocycles. The van der Waals surface area contributed by atoms with Crippen LogP contribution in [0.4, 0.5) is 10.5 Å². The molecule has 2 atom stereocenters. The van der Waals surface area contributed by atoms with Crippen LogP contribution in [-0.4, -0.2) is 34.4 Å². The minimum atomic E-state index is -1.34. The fourth-order valence-corrected chi connectivity index (χ4v) is 1.83. The Kier molecular flexibility index (Phi) is 6.68. The summed E-state index contributed by atoms with van der Waals surface area (Å²) in [5, 5.41) is 22.9. The van der Waals surface area contributed by atoms with E-state index in [9.17, 15) is 14.7 Å². The maximum absolute atomic E-state index is 11.7. The molecule has 21 heavy (non-hydrogen) atoms. The first-order valence-electron chi connectivity index (χ1n) is 7.01. The Morgan fingerprint density at radius 2 is 1.86 bits per heavy atom. The molecule has 2 amide bonds. The van der Waals surface area contributed by atoms with Crippen molar-refractivity contribution in [2.75, 3.05) is 5.32 Å². The van der Waals surface area contributed by atoms with Crippen LogP contribution in [0.1, 0.15) is 32.3 Å². The van der Waals surface area contributed by atoms with E-state index in [0.29, 0.717) is 5.69 Å². The molecule has 0 saturated heterocycles. The van der Waals surface area contributed by atoms with Gasteiger partial charge in [0.2, 0.25) is 0 Å². The number of carbonyl (C=O) groups is 2. The van der Waals surface area contributed by atoms with Crippen LogP contribution in [-0.2, 0) is 11.2 Å². The van der Waals surface area contributed by atoms with Gasteiger partial charge in [-0.2, -0.15) is 0 Å². The second-order valence-corrected chi connectivity index (χ2v) is 4.96. The number of hydrogen-bond acceptors (Lipinski definition) is 3. The number of carboxylic acids is 1. The first kappa shape index (κ1) is 17.0. The number of carboxylic acid groups (broad SMARTS) is 1. The number of urea groups is 1. The van der Waals surface area contributed by atoms with Gasteiger partial charge in [0.1, 0.15) is 0 Å². The largest absolute Gasteiger partial charge is 0.480 e. The zero-order valence-electron chi connectivity index (χ0n) is 12.3. The average Bonchev–Trinajstić information content (AvgIpc) is 2.43. The molecule has 6 nitrogen and oxygen atoms in total. The predicted octanol–water partition coefficient (Wildman–Crippen LogP) is 1.98. The Hall–Kier alpha value is -2.08. The molecule has 0 radical (unpaired) electrons. The molecular weight excluding hydrogens is 272 g/mol. The summed E-state index contributed by atoms with van der Waals surface area (Å²) in [5.41, 5.74) is 1.76. The van der Waals surface area contributed by atoms with Gasteiger partial charge in [-0.05, 0) is 37.5 Å². The number of nitrogens with one attached hydrogen (secondary N) is 2. The van der Waals surface area contributed by atoms with Crippen LogP contribution in [0, 0.1) is 0 Å². The Morgan fingerprint density at radius 3 is 2.33 bits per heavy atom. The number of anilines is 1. The van der Waals surface area contributed by atoms with Gasteiger partial charge in [0.05, 0.1) is 6.10 Å². The smallest absolute Gasteiger partial charge is 0.328 e. The zero-order valence-corrected chi connectivity index (χ0v) is 12.3. The first-order chi connectivity index (χ1) is 9.93. The molecule has 1 aromatic carbocycles. The lowest BCUT2D eigenvalue weighted by molar-refractivity contribution is -0.141. The SMILES string of the molecule is CCCCc1ccc(NC(=O)N[C@H](C(=O)O)[C@@H](C)O)cc1. The third kappa shape index (κ3) is 5.83. The highest BCUT2D eigenvalue weighted by Crippen LogP contribution is 2.11. The van der Waals surface area contributed by atoms with Crippen molar-refractivity contribution in [1.29, 1.82) is 0 Å². The summed E-state index contributed by atoms with van der Waals surface area (Å²) in [4.78, 5) is 22.6. The second kappa shape index (κ2) is 8.26. The van der Waals surface area contributed by atoms with Crippen LogP contribution in [0.2, 0.25) is 0 Å². The Bertz CT molecular complexity index is 471. The number of aliphatic carboxylic acids is 1. The van der Waals surface area contributed by atoms with Gasteiger partial charge >= 0.3 is 12.0 Å². The number of unbranched alkanes of at least 4 members (excludes halogenated alkanes) is 1. The molecule has 0 heterocycles. The van der Waals surface area contributed by atoms with Gasteiger partial charge in [-0.15, -0.1) is 0 Å². The van der Waals surface area contributed by atoms with Crippen molar-refractivity contribution in [2.24, 2.45) is 0 Å². The molecule has 116 valence electrons. The molecule has 1 aromatic rings. The van der Waals surface area contributed by atoms with Gasteiger partial charge in [0.15, 0.2) is 6.04 Å². The fraction of sp³-hybridized carbons (Fsp3) is 0.467. The summed E-state index contributed by atoms with van der Waals surface area (Å²) in [7, 11) is 0. The van der Waals surface area contributed by atoms with E-state index in [4.69, 9.17) is 5.11 Å². The standard InChI is InChI=1S/C15H22N2O4/c1-3-4-5-11-6-8-12(9-7-11)16-15(21)17-13(10(2)18)14(19)20/h6-10,13,18H,3-5H2,1-2H3,(H,19,20)(H2,16,17,21)/t10-,13+/m1/s1. The number of hydrogen-bond donors (Lipinski definition) is 4. The second-order valence-electron chi connectivity index (χ2n) is 4.96. The van der Waals surface area contributed by atoms with Crippen LogP contribution in [0.5, 0.6) is 0 Å². The number of aliphatic hydroxyl groups excluding tert-OH is 1. The number of aliphatic hydroxyl groups is 1. The molecule has 0 spiro atoms. The number of benzene rings is 1. The van der Waals surface area contributed by atoms with Gasteiger partial charge in [-0.3, -0.25) is 0 Å². The fourth-order valence-electron chi connectivity index (χ4n) is 1.83. The Labute approximate surface area is 124 Å². The van der Waals surface area contributed by atoms with E-state index in [1.54, 1.807) is 12.1 Å². The number of amides is 2. The van der Waals surface area contributed by atoms with E-state index in [1.165, 1.54) is 12.5 Å². The highest BCUT2D eigenvalue weighted by atomic mass is 16.4.